The molecule has 4 aliphatic rings. The molecule has 5 rings (SSSR count). The molecular weight excluding hydrogens is 342 g/mol. The average Bonchev–Trinajstić information content (AvgIpc) is 3.52. The maximum atomic E-state index is 11.7. The van der Waals surface area contributed by atoms with E-state index in [4.69, 9.17) is 4.74 Å². The Kier molecular flexibility index (Phi) is 6.21. The summed E-state index contributed by atoms with van der Waals surface area (Å²) in [6, 6.07) is 4.77. The summed E-state index contributed by atoms with van der Waals surface area (Å²) >= 11 is 0. The number of nitrogens with one attached hydrogen (secondary N) is 3. The highest BCUT2D eigenvalue weighted by molar-refractivity contribution is 6.08. The van der Waals surface area contributed by atoms with Gasteiger partial charge in [0, 0.05) is 18.8 Å². The highest BCUT2D eigenvalue weighted by Gasteiger charge is 2.34. The number of anilines is 2. The third-order valence-electron chi connectivity index (χ3n) is 4.86. The normalized spacial score (nSPS) is 20.1. The Morgan fingerprint density at radius 1 is 1.19 bits per heavy atom. The van der Waals surface area contributed by atoms with E-state index >= 15 is 0 Å². The van der Waals surface area contributed by atoms with Gasteiger partial charge in [-0.1, -0.05) is 27.7 Å². The molecule has 1 aliphatic carbocycles. The largest absolute Gasteiger partial charge is 0.483 e. The van der Waals surface area contributed by atoms with E-state index in [9.17, 15) is 4.79 Å². The summed E-state index contributed by atoms with van der Waals surface area (Å²) in [6.07, 6.45) is 2.49. The molecular formula is C20H31N5O2. The topological polar surface area (TPSA) is 78.0 Å². The van der Waals surface area contributed by atoms with Gasteiger partial charge >= 0.3 is 0 Å². The standard InChI is InChI=1S/C16H19N5O2.2C2H6/c22-16-7-21-13-4-12(18-10-5-17-6-10)11(9-1-2-9)3-14(13)23-8-15(21)19-20-16;2*1-2/h3-4,9-10,17-18H,1-2,5-8H2,(H,20,22);2*1-2H3. The zero-order valence-electron chi connectivity index (χ0n) is 16.8. The molecule has 27 heavy (non-hydrogen) atoms. The van der Waals surface area contributed by atoms with Crippen LogP contribution >= 0.6 is 0 Å². The zero-order chi connectivity index (χ0) is 19.4. The molecule has 3 aliphatic heterocycles. The first-order valence-electron chi connectivity index (χ1n) is 10.2. The molecule has 7 heteroatoms. The van der Waals surface area contributed by atoms with Crippen molar-refractivity contribution in [1.82, 2.24) is 10.7 Å². The zero-order valence-corrected chi connectivity index (χ0v) is 16.8. The van der Waals surface area contributed by atoms with Gasteiger partial charge in [-0.05, 0) is 36.5 Å². The molecule has 148 valence electrons. The van der Waals surface area contributed by atoms with Crippen molar-refractivity contribution < 1.29 is 9.53 Å². The Balaban J connectivity index is 0.000000495. The number of hydrazone groups is 1. The third kappa shape index (κ3) is 4.03. The predicted octanol–water partition coefficient (Wildman–Crippen LogP) is 2.64. The number of benzene rings is 1. The van der Waals surface area contributed by atoms with Crippen LogP contribution < -0.4 is 25.7 Å². The van der Waals surface area contributed by atoms with E-state index in [1.807, 2.05) is 32.6 Å². The summed E-state index contributed by atoms with van der Waals surface area (Å²) in [6.45, 7) is 10.7. The minimum absolute atomic E-state index is 0.0921. The van der Waals surface area contributed by atoms with Gasteiger partial charge in [-0.2, -0.15) is 5.10 Å². The maximum Gasteiger partial charge on any atom is 0.260 e. The van der Waals surface area contributed by atoms with E-state index in [-0.39, 0.29) is 5.91 Å². The lowest BCUT2D eigenvalue weighted by Crippen LogP contribution is -2.52. The lowest BCUT2D eigenvalue weighted by molar-refractivity contribution is -0.119. The van der Waals surface area contributed by atoms with Crippen molar-refractivity contribution in [3.05, 3.63) is 17.7 Å². The van der Waals surface area contributed by atoms with Gasteiger partial charge in [-0.25, -0.2) is 5.43 Å². The molecule has 3 heterocycles. The number of amidine groups is 1. The van der Waals surface area contributed by atoms with Crippen LogP contribution in [0.15, 0.2) is 17.2 Å². The van der Waals surface area contributed by atoms with E-state index in [0.29, 0.717) is 25.1 Å². The third-order valence-corrected chi connectivity index (χ3v) is 4.86. The van der Waals surface area contributed by atoms with Gasteiger partial charge < -0.3 is 20.3 Å². The highest BCUT2D eigenvalue weighted by Crippen LogP contribution is 2.48. The first-order valence-corrected chi connectivity index (χ1v) is 10.2. The van der Waals surface area contributed by atoms with E-state index in [0.717, 1.165) is 30.4 Å². The summed E-state index contributed by atoms with van der Waals surface area (Å²) in [4.78, 5) is 13.7. The minimum atomic E-state index is -0.0921. The number of hydrogen-bond donors (Lipinski definition) is 3. The van der Waals surface area contributed by atoms with Gasteiger partial charge in [0.2, 0.25) is 0 Å². The van der Waals surface area contributed by atoms with Crippen LogP contribution in [-0.2, 0) is 4.79 Å². The summed E-state index contributed by atoms with van der Waals surface area (Å²) < 4.78 is 5.88. The molecule has 1 aromatic rings. The van der Waals surface area contributed by atoms with Crippen LogP contribution in [0.25, 0.3) is 0 Å². The van der Waals surface area contributed by atoms with Crippen LogP contribution in [-0.4, -0.2) is 44.0 Å². The van der Waals surface area contributed by atoms with Crippen molar-refractivity contribution in [2.24, 2.45) is 5.10 Å². The van der Waals surface area contributed by atoms with E-state index in [1.54, 1.807) is 0 Å². The summed E-state index contributed by atoms with van der Waals surface area (Å²) in [5, 5.41) is 11.0. The summed E-state index contributed by atoms with van der Waals surface area (Å²) in [5.41, 5.74) is 5.97. The molecule has 1 saturated heterocycles. The van der Waals surface area contributed by atoms with Crippen LogP contribution in [0.2, 0.25) is 0 Å². The fourth-order valence-corrected chi connectivity index (χ4v) is 3.31. The number of carbonyl (C=O) groups excluding carboxylic acids is 1. The van der Waals surface area contributed by atoms with E-state index < -0.39 is 0 Å². The molecule has 0 aromatic heterocycles. The Morgan fingerprint density at radius 3 is 2.56 bits per heavy atom. The summed E-state index contributed by atoms with van der Waals surface area (Å²) in [5.74, 6) is 2.16. The quantitative estimate of drug-likeness (QED) is 0.759. The van der Waals surface area contributed by atoms with Crippen LogP contribution in [0, 0.1) is 0 Å². The monoisotopic (exact) mass is 373 g/mol. The smallest absolute Gasteiger partial charge is 0.260 e. The number of ether oxygens (including phenoxy) is 1. The first kappa shape index (κ1) is 19.5. The van der Waals surface area contributed by atoms with Crippen LogP contribution in [0.5, 0.6) is 5.75 Å². The van der Waals surface area contributed by atoms with E-state index in [1.165, 1.54) is 24.1 Å². The Hall–Kier alpha value is -2.28. The van der Waals surface area contributed by atoms with Crippen molar-refractivity contribution in [1.29, 1.82) is 0 Å². The second kappa shape index (κ2) is 8.61. The molecule has 0 radical (unpaired) electrons. The molecule has 1 amide bonds. The second-order valence-corrected chi connectivity index (χ2v) is 6.62. The van der Waals surface area contributed by atoms with Gasteiger partial charge in [-0.3, -0.25) is 4.79 Å². The molecule has 0 bridgehead atoms. The average molecular weight is 374 g/mol. The molecule has 0 atom stereocenters. The van der Waals surface area contributed by atoms with Crippen molar-refractivity contribution >= 4 is 23.1 Å². The van der Waals surface area contributed by atoms with Gasteiger partial charge in [0.25, 0.3) is 5.91 Å². The van der Waals surface area contributed by atoms with Crippen molar-refractivity contribution in [2.75, 3.05) is 36.5 Å². The van der Waals surface area contributed by atoms with Crippen molar-refractivity contribution in [3.63, 3.8) is 0 Å². The number of rotatable bonds is 3. The molecule has 7 nitrogen and oxygen atoms in total. The number of nitrogens with zero attached hydrogens (tertiary/aromatic N) is 2. The van der Waals surface area contributed by atoms with Crippen molar-refractivity contribution in [2.45, 2.75) is 52.5 Å². The number of hydrogen-bond acceptors (Lipinski definition) is 6. The SMILES string of the molecule is CC.CC.O=C1CN2C(=NN1)COc1cc(C3CC3)c(NC3CNC3)cc12. The van der Waals surface area contributed by atoms with Gasteiger partial charge in [0.1, 0.15) is 18.9 Å². The molecule has 3 N–H and O–H groups in total. The Labute approximate surface area is 161 Å². The first-order chi connectivity index (χ1) is 13.3. The predicted molar refractivity (Wildman–Crippen MR) is 110 cm³/mol. The van der Waals surface area contributed by atoms with Crippen LogP contribution in [0.4, 0.5) is 11.4 Å². The molecule has 0 spiro atoms. The Morgan fingerprint density at radius 2 is 1.93 bits per heavy atom. The molecule has 1 aromatic carbocycles. The van der Waals surface area contributed by atoms with Gasteiger partial charge in [-0.15, -0.1) is 0 Å². The lowest BCUT2D eigenvalue weighted by atomic mass is 10.0. The molecule has 2 fully saturated rings. The number of fused-ring (bicyclic) bond motifs is 3. The van der Waals surface area contributed by atoms with E-state index in [2.05, 4.69) is 33.3 Å². The minimum Gasteiger partial charge on any atom is -0.483 e. The van der Waals surface area contributed by atoms with Gasteiger partial charge in [0.15, 0.2) is 5.84 Å². The fourth-order valence-electron chi connectivity index (χ4n) is 3.31. The molecule has 1 saturated carbocycles. The van der Waals surface area contributed by atoms with Crippen molar-refractivity contribution in [3.8, 4) is 5.75 Å². The Bertz CT molecular complexity index is 711. The number of carbonyl (C=O) groups is 1. The highest BCUT2D eigenvalue weighted by atomic mass is 16.5. The van der Waals surface area contributed by atoms with Gasteiger partial charge in [0.05, 0.1) is 11.7 Å². The lowest BCUT2D eigenvalue weighted by Gasteiger charge is -2.36. The fraction of sp³-hybridized carbons (Fsp3) is 0.600. The number of amides is 1. The van der Waals surface area contributed by atoms with Crippen LogP contribution in [0.1, 0.15) is 52.0 Å². The maximum absolute atomic E-state index is 11.7. The van der Waals surface area contributed by atoms with Crippen LogP contribution in [0.3, 0.4) is 0 Å². The molecule has 0 unspecified atom stereocenters. The summed E-state index contributed by atoms with van der Waals surface area (Å²) in [7, 11) is 0. The second-order valence-electron chi connectivity index (χ2n) is 6.62.